The molecule has 1 atom stereocenters. The predicted octanol–water partition coefficient (Wildman–Crippen LogP) is 1.36. The van der Waals surface area contributed by atoms with Gasteiger partial charge in [0.1, 0.15) is 0 Å². The van der Waals surface area contributed by atoms with E-state index in [0.717, 1.165) is 19.3 Å². The van der Waals surface area contributed by atoms with Crippen LogP contribution < -0.4 is 11.3 Å². The number of allylic oxidation sites excluding steroid dienone is 1. The lowest BCUT2D eigenvalue weighted by Crippen LogP contribution is -2.34. The number of nitrogens with two attached hydrogens (primary N) is 1. The fourth-order valence-electron chi connectivity index (χ4n) is 0.789. The van der Waals surface area contributed by atoms with E-state index >= 15 is 0 Å². The molecular weight excluding hydrogens is 124 g/mol. The maximum atomic E-state index is 5.27. The molecule has 0 saturated heterocycles. The second kappa shape index (κ2) is 6.52. The van der Waals surface area contributed by atoms with E-state index in [-0.39, 0.29) is 0 Å². The van der Waals surface area contributed by atoms with Crippen LogP contribution in [0.2, 0.25) is 0 Å². The fourth-order valence-corrected chi connectivity index (χ4v) is 0.789. The van der Waals surface area contributed by atoms with Crippen LogP contribution in [0, 0.1) is 0 Å². The van der Waals surface area contributed by atoms with Gasteiger partial charge in [-0.25, -0.2) is 0 Å². The van der Waals surface area contributed by atoms with Gasteiger partial charge < -0.3 is 0 Å². The molecule has 0 saturated carbocycles. The van der Waals surface area contributed by atoms with E-state index in [1.807, 2.05) is 12.2 Å². The fraction of sp³-hybridized carbons (Fsp3) is 0.500. The number of hydrogen-bond donors (Lipinski definition) is 2. The highest BCUT2D eigenvalue weighted by Gasteiger charge is 2.00. The lowest BCUT2D eigenvalue weighted by atomic mass is 10.1. The summed E-state index contributed by atoms with van der Waals surface area (Å²) < 4.78 is 0. The van der Waals surface area contributed by atoms with Crippen molar-refractivity contribution in [1.82, 2.24) is 5.43 Å². The topological polar surface area (TPSA) is 38.0 Å². The van der Waals surface area contributed by atoms with Crippen molar-refractivity contribution >= 4 is 0 Å². The van der Waals surface area contributed by atoms with Gasteiger partial charge in [-0.05, 0) is 19.3 Å². The average molecular weight is 140 g/mol. The molecule has 0 aromatic heterocycles. The molecule has 2 heteroatoms. The van der Waals surface area contributed by atoms with Crippen molar-refractivity contribution in [2.45, 2.75) is 25.3 Å². The van der Waals surface area contributed by atoms with Gasteiger partial charge >= 0.3 is 0 Å². The molecule has 0 aromatic carbocycles. The molecule has 0 fully saturated rings. The predicted molar refractivity (Wildman–Crippen MR) is 45.4 cm³/mol. The molecule has 0 aliphatic carbocycles. The number of rotatable bonds is 6. The van der Waals surface area contributed by atoms with Crippen molar-refractivity contribution in [3.05, 3.63) is 25.3 Å². The summed E-state index contributed by atoms with van der Waals surface area (Å²) >= 11 is 0. The Morgan fingerprint density at radius 3 is 2.50 bits per heavy atom. The van der Waals surface area contributed by atoms with E-state index in [4.69, 9.17) is 5.84 Å². The molecule has 0 rings (SSSR count). The highest BCUT2D eigenvalue weighted by Crippen LogP contribution is 2.00. The van der Waals surface area contributed by atoms with Crippen molar-refractivity contribution in [3.8, 4) is 0 Å². The summed E-state index contributed by atoms with van der Waals surface area (Å²) in [6, 6.07) is 0.357. The largest absolute Gasteiger partial charge is 0.271 e. The first kappa shape index (κ1) is 9.40. The first-order valence-electron chi connectivity index (χ1n) is 3.53. The van der Waals surface area contributed by atoms with Gasteiger partial charge in [0.15, 0.2) is 0 Å². The van der Waals surface area contributed by atoms with Crippen molar-refractivity contribution < 1.29 is 0 Å². The van der Waals surface area contributed by atoms with Crippen LogP contribution in [0.25, 0.3) is 0 Å². The van der Waals surface area contributed by atoms with Crippen molar-refractivity contribution in [1.29, 1.82) is 0 Å². The maximum Gasteiger partial charge on any atom is 0.0247 e. The Balaban J connectivity index is 3.38. The number of hydrazine groups is 1. The minimum absolute atomic E-state index is 0.357. The summed E-state index contributed by atoms with van der Waals surface area (Å²) in [5.74, 6) is 5.27. The quantitative estimate of drug-likeness (QED) is 0.332. The molecule has 0 bridgehead atoms. The van der Waals surface area contributed by atoms with Gasteiger partial charge in [0.25, 0.3) is 0 Å². The Labute approximate surface area is 62.8 Å². The van der Waals surface area contributed by atoms with Crippen LogP contribution in [0.1, 0.15) is 19.3 Å². The zero-order valence-electron chi connectivity index (χ0n) is 6.34. The van der Waals surface area contributed by atoms with Crippen LogP contribution in [0.5, 0.6) is 0 Å². The Hall–Kier alpha value is -0.600. The molecule has 0 radical (unpaired) electrons. The van der Waals surface area contributed by atoms with Crippen molar-refractivity contribution in [2.24, 2.45) is 5.84 Å². The third-order valence-corrected chi connectivity index (χ3v) is 1.41. The molecule has 0 aromatic rings. The van der Waals surface area contributed by atoms with Gasteiger partial charge in [-0.3, -0.25) is 11.3 Å². The Morgan fingerprint density at radius 1 is 1.40 bits per heavy atom. The van der Waals surface area contributed by atoms with Crippen LogP contribution in [-0.4, -0.2) is 6.04 Å². The molecule has 10 heavy (non-hydrogen) atoms. The summed E-state index contributed by atoms with van der Waals surface area (Å²) in [5, 5.41) is 0. The molecule has 58 valence electrons. The van der Waals surface area contributed by atoms with E-state index in [1.165, 1.54) is 0 Å². The second-order valence-corrected chi connectivity index (χ2v) is 2.25. The zero-order valence-corrected chi connectivity index (χ0v) is 6.34. The lowest BCUT2D eigenvalue weighted by Gasteiger charge is -2.11. The normalized spacial score (nSPS) is 12.5. The molecule has 1 unspecified atom stereocenters. The standard InChI is InChI=1S/C8H16N2/c1-3-5-7-8(10-9)6-4-2/h3-4,8,10H,1-2,5-7,9H2. The Morgan fingerprint density at radius 2 is 2.10 bits per heavy atom. The molecule has 0 aliphatic rings. The molecule has 3 N–H and O–H groups in total. The van der Waals surface area contributed by atoms with Crippen LogP contribution >= 0.6 is 0 Å². The Kier molecular flexibility index (Phi) is 6.13. The van der Waals surface area contributed by atoms with Crippen LogP contribution in [0.4, 0.5) is 0 Å². The number of nitrogens with one attached hydrogen (secondary N) is 1. The highest BCUT2D eigenvalue weighted by molar-refractivity contribution is 4.79. The summed E-state index contributed by atoms with van der Waals surface area (Å²) in [6.07, 6.45) is 6.72. The lowest BCUT2D eigenvalue weighted by molar-refractivity contribution is 0.503. The first-order valence-corrected chi connectivity index (χ1v) is 3.53. The van der Waals surface area contributed by atoms with E-state index in [0.29, 0.717) is 6.04 Å². The van der Waals surface area contributed by atoms with Crippen LogP contribution in [-0.2, 0) is 0 Å². The number of hydrogen-bond acceptors (Lipinski definition) is 2. The average Bonchev–Trinajstić information content (AvgIpc) is 1.98. The molecule has 0 spiro atoms. The van der Waals surface area contributed by atoms with Gasteiger partial charge in [0, 0.05) is 6.04 Å². The SMILES string of the molecule is C=CCCC(CC=C)NN. The monoisotopic (exact) mass is 140 g/mol. The van der Waals surface area contributed by atoms with E-state index in [2.05, 4.69) is 18.6 Å². The zero-order chi connectivity index (χ0) is 7.82. The summed E-state index contributed by atoms with van der Waals surface area (Å²) in [4.78, 5) is 0. The molecule has 0 aliphatic heterocycles. The van der Waals surface area contributed by atoms with Gasteiger partial charge in [-0.2, -0.15) is 0 Å². The first-order chi connectivity index (χ1) is 4.85. The summed E-state index contributed by atoms with van der Waals surface area (Å²) in [5.41, 5.74) is 2.72. The van der Waals surface area contributed by atoms with Gasteiger partial charge in [0.2, 0.25) is 0 Å². The van der Waals surface area contributed by atoms with Gasteiger partial charge in [0.05, 0.1) is 0 Å². The molecule has 2 nitrogen and oxygen atoms in total. The smallest absolute Gasteiger partial charge is 0.0247 e. The maximum absolute atomic E-state index is 5.27. The van der Waals surface area contributed by atoms with Gasteiger partial charge in [-0.1, -0.05) is 12.2 Å². The van der Waals surface area contributed by atoms with E-state index in [1.54, 1.807) is 0 Å². The Bertz CT molecular complexity index is 99.4. The summed E-state index contributed by atoms with van der Waals surface area (Å²) in [6.45, 7) is 7.27. The van der Waals surface area contributed by atoms with Gasteiger partial charge in [-0.15, -0.1) is 13.2 Å². The van der Waals surface area contributed by atoms with Crippen LogP contribution in [0.3, 0.4) is 0 Å². The van der Waals surface area contributed by atoms with E-state index < -0.39 is 0 Å². The van der Waals surface area contributed by atoms with E-state index in [9.17, 15) is 0 Å². The van der Waals surface area contributed by atoms with Crippen molar-refractivity contribution in [2.75, 3.05) is 0 Å². The second-order valence-electron chi connectivity index (χ2n) is 2.25. The highest BCUT2D eigenvalue weighted by atomic mass is 15.2. The summed E-state index contributed by atoms with van der Waals surface area (Å²) in [7, 11) is 0. The third-order valence-electron chi connectivity index (χ3n) is 1.41. The minimum atomic E-state index is 0.357. The molecule has 0 heterocycles. The minimum Gasteiger partial charge on any atom is -0.271 e. The van der Waals surface area contributed by atoms with Crippen molar-refractivity contribution in [3.63, 3.8) is 0 Å². The molecular formula is C8H16N2. The third kappa shape index (κ3) is 4.30. The molecule has 0 amide bonds. The van der Waals surface area contributed by atoms with Crippen LogP contribution in [0.15, 0.2) is 25.3 Å².